The van der Waals surface area contributed by atoms with Crippen LogP contribution in [0.4, 0.5) is 0 Å². The Morgan fingerprint density at radius 3 is 0.841 bits per heavy atom. The Kier molecular flexibility index (Phi) is 22.7. The van der Waals surface area contributed by atoms with Crippen LogP contribution in [-0.2, 0) is 44.9 Å². The van der Waals surface area contributed by atoms with E-state index in [1.54, 1.807) is 0 Å². The molecule has 0 saturated carbocycles. The van der Waals surface area contributed by atoms with Crippen molar-refractivity contribution in [2.75, 3.05) is 6.61 Å². The molecule has 0 fully saturated rings. The van der Waals surface area contributed by atoms with Crippen LogP contribution in [0.2, 0.25) is 0 Å². The van der Waals surface area contributed by atoms with Crippen molar-refractivity contribution in [3.8, 4) is 45.6 Å². The minimum Gasteiger partial charge on any atom is -0.396 e. The summed E-state index contributed by atoms with van der Waals surface area (Å²) in [5.74, 6) is 2.95. The number of aromatic amines is 2. The summed E-state index contributed by atoms with van der Waals surface area (Å²) in [6, 6.07) is 19.1. The lowest BCUT2D eigenvalue weighted by Crippen LogP contribution is -1.98. The molecular weight excluding hydrogens is 1000 g/mol. The summed E-state index contributed by atoms with van der Waals surface area (Å²) in [6.07, 6.45) is 36.6. The van der Waals surface area contributed by atoms with Crippen molar-refractivity contribution in [3.63, 3.8) is 0 Å². The van der Waals surface area contributed by atoms with Gasteiger partial charge >= 0.3 is 0 Å². The molecule has 8 bridgehead atoms. The number of fused-ring (bicyclic) bond motifs is 20. The molecule has 3 aromatic heterocycles. The molecule has 0 spiro atoms. The second kappa shape index (κ2) is 30.7. The van der Waals surface area contributed by atoms with Gasteiger partial charge in [0.15, 0.2) is 23.3 Å². The predicted octanol–water partition coefficient (Wildman–Crippen LogP) is 20.2. The number of hydrogen-bond acceptors (Lipinski definition) is 7. The van der Waals surface area contributed by atoms with Crippen molar-refractivity contribution in [3.05, 3.63) is 93.0 Å². The van der Waals surface area contributed by atoms with Crippen molar-refractivity contribution in [1.29, 1.82) is 0 Å². The minimum atomic E-state index is 0.296. The first kappa shape index (κ1) is 60.8. The zero-order valence-electron chi connectivity index (χ0n) is 51.8. The van der Waals surface area contributed by atoms with Crippen LogP contribution >= 0.6 is 0 Å². The highest BCUT2D eigenvalue weighted by molar-refractivity contribution is 6.10. The highest BCUT2D eigenvalue weighted by atomic mass is 16.2. The molecule has 2 aliphatic heterocycles. The van der Waals surface area contributed by atoms with Crippen LogP contribution in [0.3, 0.4) is 0 Å². The summed E-state index contributed by atoms with van der Waals surface area (Å²) in [5.41, 5.74) is 18.2. The van der Waals surface area contributed by atoms with Gasteiger partial charge in [0.1, 0.15) is 22.6 Å². The Bertz CT molecular complexity index is 3400. The maximum Gasteiger partial charge on any atom is 0.165 e. The lowest BCUT2D eigenvalue weighted by molar-refractivity contribution is 0.282. The number of H-pyrrole nitrogens is 2. The van der Waals surface area contributed by atoms with Gasteiger partial charge in [0.05, 0.1) is 0 Å². The molecule has 0 aliphatic carbocycles. The van der Waals surface area contributed by atoms with Crippen LogP contribution in [0.15, 0.2) is 48.5 Å². The molecule has 9 rings (SSSR count). The number of rotatable bonds is 34. The number of aryl methyl sites for hydroxylation is 8. The van der Waals surface area contributed by atoms with Crippen molar-refractivity contribution in [2.24, 2.45) is 0 Å². The van der Waals surface area contributed by atoms with E-state index in [2.05, 4.69) is 107 Å². The molecule has 4 aromatic carbocycles. The molecule has 5 heterocycles. The second-order valence-electron chi connectivity index (χ2n) is 24.3. The average Bonchev–Trinajstić information content (AvgIpc) is 3.89. The van der Waals surface area contributed by atoms with Gasteiger partial charge in [-0.15, -0.1) is 0 Å². The third-order valence-corrected chi connectivity index (χ3v) is 17.9. The average molecular weight is 1110 g/mol. The molecule has 0 unspecified atom stereocenters. The van der Waals surface area contributed by atoms with Gasteiger partial charge in [0.25, 0.3) is 0 Å². The SMILES string of the molecule is CCCCCc1ccc(CCCCC)c2c1-c1nc-2nc2[nH]c(nc3nc(nc4[nH]c(n1)c1c(CCCCC)ccc(CCCCC)c41)-c1c(C)ccc(CCCCCCCCCCO)c1-3)c1c(CCCCC)ccc(CCCCC)c21. The number of nitrogens with zero attached hydrogens (tertiary/aromatic N) is 6. The van der Waals surface area contributed by atoms with Crippen molar-refractivity contribution >= 4 is 44.1 Å². The first-order valence-corrected chi connectivity index (χ1v) is 33.4. The molecule has 9 heteroatoms. The lowest BCUT2D eigenvalue weighted by Gasteiger charge is -2.13. The molecule has 2 aliphatic rings. The molecule has 0 atom stereocenters. The lowest BCUT2D eigenvalue weighted by atomic mass is 9.91. The monoisotopic (exact) mass is 1100 g/mol. The van der Waals surface area contributed by atoms with E-state index in [0.717, 1.165) is 209 Å². The Morgan fingerprint density at radius 2 is 0.524 bits per heavy atom. The Hall–Kier alpha value is -5.80. The third kappa shape index (κ3) is 14.2. The summed E-state index contributed by atoms with van der Waals surface area (Å²) >= 11 is 0. The number of unbranched alkanes of at least 4 members (excludes halogenated alkanes) is 19. The van der Waals surface area contributed by atoms with Gasteiger partial charge in [0, 0.05) is 50.4 Å². The van der Waals surface area contributed by atoms with E-state index in [9.17, 15) is 5.11 Å². The van der Waals surface area contributed by atoms with Gasteiger partial charge < -0.3 is 15.1 Å². The third-order valence-electron chi connectivity index (χ3n) is 17.9. The Balaban J connectivity index is 1.41. The number of aromatic nitrogens is 8. The normalized spacial score (nSPS) is 12.1. The number of nitrogens with one attached hydrogen (secondary N) is 2. The fourth-order valence-electron chi connectivity index (χ4n) is 13.3. The van der Waals surface area contributed by atoms with Crippen LogP contribution in [0.25, 0.3) is 89.7 Å². The molecule has 438 valence electrons. The number of hydrogen-bond donors (Lipinski definition) is 3. The fourth-order valence-corrected chi connectivity index (χ4v) is 13.3. The van der Waals surface area contributed by atoms with Crippen molar-refractivity contribution in [2.45, 2.75) is 260 Å². The second-order valence-corrected chi connectivity index (χ2v) is 24.3. The van der Waals surface area contributed by atoms with Crippen molar-refractivity contribution < 1.29 is 5.11 Å². The van der Waals surface area contributed by atoms with Crippen LogP contribution in [0.5, 0.6) is 0 Å². The zero-order chi connectivity index (χ0) is 57.2. The Morgan fingerprint density at radius 1 is 0.280 bits per heavy atom. The maximum atomic E-state index is 9.32. The van der Waals surface area contributed by atoms with Crippen LogP contribution < -0.4 is 0 Å². The van der Waals surface area contributed by atoms with E-state index in [0.29, 0.717) is 12.4 Å². The first-order chi connectivity index (χ1) is 40.3. The summed E-state index contributed by atoms with van der Waals surface area (Å²) < 4.78 is 0. The molecule has 3 N–H and O–H groups in total. The largest absolute Gasteiger partial charge is 0.396 e. The van der Waals surface area contributed by atoms with Gasteiger partial charge in [-0.1, -0.05) is 206 Å². The van der Waals surface area contributed by atoms with Crippen molar-refractivity contribution in [1.82, 2.24) is 39.9 Å². The van der Waals surface area contributed by atoms with E-state index in [1.165, 1.54) is 131 Å². The standard InChI is InChI=1S/C73H100N8O/c1-8-14-26-34-52-43-44-53(35-27-15-9-2)61-60(52)68-75-66-58-50(7)41-42-51(40-32-24-22-20-21-23-25-33-49-82)59(58)67(74-66)76-69-62-54(36-28-16-10-3)45-46-55(37-29-17-11-4)63(62)71(78-69)80-73-65-57(39-31-19-13-6)48-47-56(38-30-18-12-5)64(65)72(81-73)79-70(61)77-68/h41-48,82H,8-40,49H2,1-7H3,(H2,74,75,76,77,78,79,80,81). The molecule has 0 radical (unpaired) electrons. The summed E-state index contributed by atoms with van der Waals surface area (Å²) in [7, 11) is 0. The van der Waals surface area contributed by atoms with E-state index in [4.69, 9.17) is 29.9 Å². The van der Waals surface area contributed by atoms with Crippen LogP contribution in [-0.4, -0.2) is 51.6 Å². The van der Waals surface area contributed by atoms with Gasteiger partial charge in [0.2, 0.25) is 0 Å². The number of benzene rings is 4. The van der Waals surface area contributed by atoms with E-state index >= 15 is 0 Å². The van der Waals surface area contributed by atoms with Gasteiger partial charge in [-0.25, -0.2) is 29.9 Å². The first-order valence-electron chi connectivity index (χ1n) is 33.4. The molecular formula is C73H100N8O. The minimum absolute atomic E-state index is 0.296. The molecule has 0 saturated heterocycles. The van der Waals surface area contributed by atoms with E-state index in [1.807, 2.05) is 0 Å². The molecule has 0 amide bonds. The molecule has 7 aromatic rings. The molecule has 82 heavy (non-hydrogen) atoms. The van der Waals surface area contributed by atoms with E-state index in [-0.39, 0.29) is 0 Å². The predicted molar refractivity (Wildman–Crippen MR) is 348 cm³/mol. The summed E-state index contributed by atoms with van der Waals surface area (Å²) in [4.78, 5) is 42.9. The highest BCUT2D eigenvalue weighted by Gasteiger charge is 2.29. The van der Waals surface area contributed by atoms with E-state index < -0.39 is 0 Å². The van der Waals surface area contributed by atoms with Gasteiger partial charge in [-0.05, 0) is 148 Å². The highest BCUT2D eigenvalue weighted by Crippen LogP contribution is 2.44. The van der Waals surface area contributed by atoms with Gasteiger partial charge in [-0.3, -0.25) is 0 Å². The summed E-state index contributed by atoms with van der Waals surface area (Å²) in [5, 5.41) is 14.0. The molecule has 9 nitrogen and oxygen atoms in total. The van der Waals surface area contributed by atoms with Crippen LogP contribution in [0, 0.1) is 6.92 Å². The maximum absolute atomic E-state index is 9.32. The number of aliphatic hydroxyl groups is 1. The van der Waals surface area contributed by atoms with Gasteiger partial charge in [-0.2, -0.15) is 0 Å². The zero-order valence-corrected chi connectivity index (χ0v) is 51.8. The Labute approximate surface area is 492 Å². The fraction of sp³-hybridized carbons (Fsp3) is 0.562. The van der Waals surface area contributed by atoms with Crippen LogP contribution in [0.1, 0.15) is 253 Å². The smallest absolute Gasteiger partial charge is 0.165 e. The summed E-state index contributed by atoms with van der Waals surface area (Å²) in [6.45, 7) is 16.3. The number of aliphatic hydroxyl groups excluding tert-OH is 1. The topological polar surface area (TPSA) is 129 Å². The quantitative estimate of drug-likeness (QED) is 0.0343.